The minimum atomic E-state index is -0.119. The molecule has 0 bridgehead atoms. The van der Waals surface area contributed by atoms with Gasteiger partial charge in [0.25, 0.3) is 0 Å². The smallest absolute Gasteiger partial charge is 0.0161 e. The fourth-order valence-electron chi connectivity index (χ4n) is 0.930. The number of unbranched alkanes of at least 4 members (excludes halogenated alkanes) is 1. The van der Waals surface area contributed by atoms with Gasteiger partial charge in [0.2, 0.25) is 0 Å². The molecule has 0 amide bonds. The van der Waals surface area contributed by atoms with Crippen LogP contribution < -0.4 is 11.1 Å². The summed E-state index contributed by atoms with van der Waals surface area (Å²) < 4.78 is 0. The third-order valence-corrected chi connectivity index (χ3v) is 3.02. The van der Waals surface area contributed by atoms with Gasteiger partial charge in [0.15, 0.2) is 0 Å². The zero-order chi connectivity index (χ0) is 10.5. The van der Waals surface area contributed by atoms with Crippen LogP contribution in [-0.4, -0.2) is 18.6 Å². The van der Waals surface area contributed by atoms with Gasteiger partial charge in [0, 0.05) is 12.1 Å². The Morgan fingerprint density at radius 1 is 1.15 bits per heavy atom. The second-order valence-electron chi connectivity index (χ2n) is 5.14. The number of nitrogens with one attached hydrogen (secondary N) is 1. The number of rotatable bonds is 6. The van der Waals surface area contributed by atoms with E-state index < -0.39 is 0 Å². The van der Waals surface area contributed by atoms with E-state index >= 15 is 0 Å². The van der Waals surface area contributed by atoms with Crippen LogP contribution in [0.25, 0.3) is 0 Å². The van der Waals surface area contributed by atoms with E-state index in [9.17, 15) is 0 Å². The van der Waals surface area contributed by atoms with Crippen LogP contribution in [0.3, 0.4) is 0 Å². The molecule has 0 rings (SSSR count). The molecule has 13 heavy (non-hydrogen) atoms. The summed E-state index contributed by atoms with van der Waals surface area (Å²) in [6.45, 7) is 12.9. The lowest BCUT2D eigenvalue weighted by Crippen LogP contribution is -2.52. The van der Waals surface area contributed by atoms with Gasteiger partial charge in [0.1, 0.15) is 0 Å². The van der Waals surface area contributed by atoms with E-state index in [4.69, 9.17) is 5.73 Å². The molecule has 0 aliphatic heterocycles. The summed E-state index contributed by atoms with van der Waals surface area (Å²) in [4.78, 5) is 0. The highest BCUT2D eigenvalue weighted by molar-refractivity contribution is 4.91. The molecule has 0 atom stereocenters. The van der Waals surface area contributed by atoms with Gasteiger partial charge in [-0.25, -0.2) is 0 Å². The standard InChI is InChI=1S/C11H26N2/c1-6-7-8-13-9-10(2,3)11(4,5)12/h13H,6-9,12H2,1-5H3. The highest BCUT2D eigenvalue weighted by Crippen LogP contribution is 2.26. The monoisotopic (exact) mass is 186 g/mol. The molecular formula is C11H26N2. The first-order valence-corrected chi connectivity index (χ1v) is 5.31. The van der Waals surface area contributed by atoms with Gasteiger partial charge in [-0.3, -0.25) is 0 Å². The van der Waals surface area contributed by atoms with Gasteiger partial charge in [-0.15, -0.1) is 0 Å². The van der Waals surface area contributed by atoms with Crippen molar-refractivity contribution in [3.8, 4) is 0 Å². The van der Waals surface area contributed by atoms with Crippen LogP contribution in [0.2, 0.25) is 0 Å². The molecule has 2 nitrogen and oxygen atoms in total. The summed E-state index contributed by atoms with van der Waals surface area (Å²) in [5.41, 5.74) is 6.12. The van der Waals surface area contributed by atoms with E-state index in [1.165, 1.54) is 12.8 Å². The fourth-order valence-corrected chi connectivity index (χ4v) is 0.930. The molecular weight excluding hydrogens is 160 g/mol. The van der Waals surface area contributed by atoms with Crippen LogP contribution in [-0.2, 0) is 0 Å². The maximum absolute atomic E-state index is 6.09. The Bertz CT molecular complexity index is 134. The molecule has 0 heterocycles. The molecule has 80 valence electrons. The molecule has 0 radical (unpaired) electrons. The van der Waals surface area contributed by atoms with Crippen molar-refractivity contribution in [3.63, 3.8) is 0 Å². The molecule has 3 N–H and O–H groups in total. The van der Waals surface area contributed by atoms with Crippen LogP contribution in [0.15, 0.2) is 0 Å². The maximum atomic E-state index is 6.09. The van der Waals surface area contributed by atoms with Crippen molar-refractivity contribution in [1.29, 1.82) is 0 Å². The van der Waals surface area contributed by atoms with Crippen LogP contribution in [0.4, 0.5) is 0 Å². The third kappa shape index (κ3) is 4.63. The van der Waals surface area contributed by atoms with Crippen LogP contribution >= 0.6 is 0 Å². The Morgan fingerprint density at radius 2 is 1.69 bits per heavy atom. The average molecular weight is 186 g/mol. The zero-order valence-corrected chi connectivity index (χ0v) is 9.91. The summed E-state index contributed by atoms with van der Waals surface area (Å²) in [7, 11) is 0. The molecule has 0 aliphatic carbocycles. The summed E-state index contributed by atoms with van der Waals surface area (Å²) in [5, 5.41) is 3.45. The van der Waals surface area contributed by atoms with Crippen molar-refractivity contribution in [2.75, 3.05) is 13.1 Å². The Labute approximate surface area is 83.3 Å². The summed E-state index contributed by atoms with van der Waals surface area (Å²) >= 11 is 0. The second-order valence-corrected chi connectivity index (χ2v) is 5.14. The van der Waals surface area contributed by atoms with Crippen LogP contribution in [0, 0.1) is 5.41 Å². The van der Waals surface area contributed by atoms with Crippen molar-refractivity contribution in [2.24, 2.45) is 11.1 Å². The highest BCUT2D eigenvalue weighted by atomic mass is 14.9. The first-order valence-electron chi connectivity index (χ1n) is 5.31. The Morgan fingerprint density at radius 3 is 2.08 bits per heavy atom. The van der Waals surface area contributed by atoms with E-state index in [-0.39, 0.29) is 11.0 Å². The van der Waals surface area contributed by atoms with E-state index in [1.807, 2.05) is 0 Å². The summed E-state index contributed by atoms with van der Waals surface area (Å²) in [6, 6.07) is 0. The van der Waals surface area contributed by atoms with Gasteiger partial charge in [-0.1, -0.05) is 27.2 Å². The summed E-state index contributed by atoms with van der Waals surface area (Å²) in [6.07, 6.45) is 2.50. The normalized spacial score (nSPS) is 13.4. The Hall–Kier alpha value is -0.0800. The van der Waals surface area contributed by atoms with Crippen LogP contribution in [0.5, 0.6) is 0 Å². The van der Waals surface area contributed by atoms with Crippen molar-refractivity contribution in [3.05, 3.63) is 0 Å². The number of hydrogen-bond acceptors (Lipinski definition) is 2. The van der Waals surface area contributed by atoms with Crippen molar-refractivity contribution < 1.29 is 0 Å². The third-order valence-electron chi connectivity index (χ3n) is 3.02. The molecule has 0 saturated heterocycles. The van der Waals surface area contributed by atoms with E-state index in [0.717, 1.165) is 13.1 Å². The first kappa shape index (κ1) is 12.9. The van der Waals surface area contributed by atoms with E-state index in [2.05, 4.69) is 39.9 Å². The predicted octanol–water partition coefficient (Wildman–Crippen LogP) is 2.14. The molecule has 2 heteroatoms. The lowest BCUT2D eigenvalue weighted by Gasteiger charge is -2.38. The second kappa shape index (κ2) is 4.97. The van der Waals surface area contributed by atoms with E-state index in [1.54, 1.807) is 0 Å². The molecule has 0 aromatic rings. The summed E-state index contributed by atoms with van der Waals surface area (Å²) in [5.74, 6) is 0. The van der Waals surface area contributed by atoms with Gasteiger partial charge in [0.05, 0.1) is 0 Å². The Kier molecular flexibility index (Phi) is 4.93. The minimum Gasteiger partial charge on any atom is -0.325 e. The molecule has 0 aliphatic rings. The molecule has 0 fully saturated rings. The molecule has 0 saturated carbocycles. The Balaban J connectivity index is 3.77. The topological polar surface area (TPSA) is 38.0 Å². The minimum absolute atomic E-state index is 0.119. The van der Waals surface area contributed by atoms with Gasteiger partial charge >= 0.3 is 0 Å². The van der Waals surface area contributed by atoms with Crippen molar-refractivity contribution in [1.82, 2.24) is 5.32 Å². The molecule has 0 aromatic carbocycles. The molecule has 0 spiro atoms. The first-order chi connectivity index (χ1) is 5.81. The van der Waals surface area contributed by atoms with Crippen LogP contribution in [0.1, 0.15) is 47.5 Å². The lowest BCUT2D eigenvalue weighted by atomic mass is 9.75. The zero-order valence-electron chi connectivity index (χ0n) is 9.91. The van der Waals surface area contributed by atoms with Gasteiger partial charge in [-0.05, 0) is 32.2 Å². The van der Waals surface area contributed by atoms with Crippen molar-refractivity contribution in [2.45, 2.75) is 53.0 Å². The maximum Gasteiger partial charge on any atom is 0.0161 e. The number of nitrogens with two attached hydrogens (primary N) is 1. The molecule has 0 aromatic heterocycles. The highest BCUT2D eigenvalue weighted by Gasteiger charge is 2.32. The average Bonchev–Trinajstić information content (AvgIpc) is 1.96. The lowest BCUT2D eigenvalue weighted by molar-refractivity contribution is 0.195. The predicted molar refractivity (Wildman–Crippen MR) is 59.8 cm³/mol. The van der Waals surface area contributed by atoms with Crippen molar-refractivity contribution >= 4 is 0 Å². The largest absolute Gasteiger partial charge is 0.325 e. The van der Waals surface area contributed by atoms with Gasteiger partial charge < -0.3 is 11.1 Å². The number of hydrogen-bond donors (Lipinski definition) is 2. The van der Waals surface area contributed by atoms with E-state index in [0.29, 0.717) is 0 Å². The quantitative estimate of drug-likeness (QED) is 0.624. The SMILES string of the molecule is CCCCNCC(C)(C)C(C)(C)N. The fraction of sp³-hybridized carbons (Fsp3) is 1.00. The van der Waals surface area contributed by atoms with Gasteiger partial charge in [-0.2, -0.15) is 0 Å². The molecule has 0 unspecified atom stereocenters.